The van der Waals surface area contributed by atoms with Gasteiger partial charge in [0.2, 0.25) is 5.82 Å². The van der Waals surface area contributed by atoms with E-state index in [1.165, 1.54) is 18.9 Å². The zero-order valence-electron chi connectivity index (χ0n) is 9.56. The average molecular weight is 236 g/mol. The van der Waals surface area contributed by atoms with Gasteiger partial charge in [-0.15, -0.1) is 0 Å². The third kappa shape index (κ3) is 3.13. The van der Waals surface area contributed by atoms with E-state index in [1.54, 1.807) is 12.3 Å². The van der Waals surface area contributed by atoms with Gasteiger partial charge in [0.1, 0.15) is 0 Å². The van der Waals surface area contributed by atoms with Crippen LogP contribution >= 0.6 is 0 Å². The Hall–Kier alpha value is -1.69. The van der Waals surface area contributed by atoms with Crippen molar-refractivity contribution in [1.29, 1.82) is 0 Å². The molecule has 1 saturated heterocycles. The lowest BCUT2D eigenvalue weighted by molar-refractivity contribution is -0.384. The molecule has 0 amide bonds. The lowest BCUT2D eigenvalue weighted by atomic mass is 10.1. The van der Waals surface area contributed by atoms with Crippen molar-refractivity contribution in [2.75, 3.05) is 18.4 Å². The first kappa shape index (κ1) is 11.8. The predicted molar refractivity (Wildman–Crippen MR) is 65.0 cm³/mol. The molecule has 1 fully saturated rings. The van der Waals surface area contributed by atoms with Crippen molar-refractivity contribution in [2.24, 2.45) is 0 Å². The number of anilines is 1. The largest absolute Gasteiger partial charge is 0.363 e. The van der Waals surface area contributed by atoms with Crippen molar-refractivity contribution in [1.82, 2.24) is 10.3 Å². The van der Waals surface area contributed by atoms with E-state index in [0.29, 0.717) is 18.4 Å². The highest BCUT2D eigenvalue weighted by Gasteiger charge is 2.16. The monoisotopic (exact) mass is 236 g/mol. The van der Waals surface area contributed by atoms with Crippen LogP contribution in [0.25, 0.3) is 0 Å². The van der Waals surface area contributed by atoms with Crippen LogP contribution in [0, 0.1) is 10.1 Å². The van der Waals surface area contributed by atoms with Gasteiger partial charge in [-0.1, -0.05) is 6.42 Å². The first-order valence-corrected chi connectivity index (χ1v) is 5.84. The van der Waals surface area contributed by atoms with E-state index in [4.69, 9.17) is 0 Å². The number of nitro groups is 1. The lowest BCUT2D eigenvalue weighted by Gasteiger charge is -2.23. The number of nitrogens with zero attached hydrogens (tertiary/aromatic N) is 2. The fourth-order valence-corrected chi connectivity index (χ4v) is 2.00. The molecule has 0 radical (unpaired) electrons. The van der Waals surface area contributed by atoms with E-state index < -0.39 is 4.92 Å². The Kier molecular flexibility index (Phi) is 3.87. The van der Waals surface area contributed by atoms with Crippen LogP contribution in [0.3, 0.4) is 0 Å². The third-order valence-electron chi connectivity index (χ3n) is 2.91. The average Bonchev–Trinajstić information content (AvgIpc) is 2.38. The Morgan fingerprint density at radius 3 is 3.18 bits per heavy atom. The summed E-state index contributed by atoms with van der Waals surface area (Å²) in [5, 5.41) is 17.2. The van der Waals surface area contributed by atoms with Gasteiger partial charge in [0.25, 0.3) is 0 Å². The maximum atomic E-state index is 10.8. The molecular weight excluding hydrogens is 220 g/mol. The summed E-state index contributed by atoms with van der Waals surface area (Å²) in [5.74, 6) is 0.352. The zero-order chi connectivity index (χ0) is 12.1. The first-order valence-electron chi connectivity index (χ1n) is 5.84. The Morgan fingerprint density at radius 1 is 1.59 bits per heavy atom. The number of hydrogen-bond donors (Lipinski definition) is 2. The van der Waals surface area contributed by atoms with E-state index in [1.807, 2.05) is 0 Å². The predicted octanol–water partition coefficient (Wildman–Crippen LogP) is 1.54. The molecule has 1 aromatic rings. The maximum absolute atomic E-state index is 10.8. The van der Waals surface area contributed by atoms with Crippen molar-refractivity contribution < 1.29 is 4.92 Å². The number of nitrogens with one attached hydrogen (secondary N) is 2. The second-order valence-corrected chi connectivity index (χ2v) is 4.16. The minimum absolute atomic E-state index is 0.0308. The molecule has 6 nitrogen and oxygen atoms in total. The molecule has 1 atom stereocenters. The van der Waals surface area contributed by atoms with E-state index in [0.717, 1.165) is 13.0 Å². The highest BCUT2D eigenvalue weighted by molar-refractivity contribution is 5.55. The molecule has 92 valence electrons. The van der Waals surface area contributed by atoms with Crippen LogP contribution in [0.15, 0.2) is 18.3 Å². The molecule has 0 saturated carbocycles. The summed E-state index contributed by atoms with van der Waals surface area (Å²) in [6.07, 6.45) is 5.08. The summed E-state index contributed by atoms with van der Waals surface area (Å²) < 4.78 is 0. The molecule has 0 aromatic carbocycles. The number of piperidine rings is 1. The number of hydrogen-bond acceptors (Lipinski definition) is 5. The van der Waals surface area contributed by atoms with Crippen molar-refractivity contribution in [2.45, 2.75) is 25.3 Å². The van der Waals surface area contributed by atoms with Gasteiger partial charge in [0.05, 0.1) is 4.92 Å². The Labute approximate surface area is 99.6 Å². The highest BCUT2D eigenvalue weighted by Crippen LogP contribution is 2.20. The van der Waals surface area contributed by atoms with Crippen LogP contribution in [-0.4, -0.2) is 29.0 Å². The normalized spacial score (nSPS) is 19.9. The molecule has 6 heteroatoms. The summed E-state index contributed by atoms with van der Waals surface area (Å²) in [4.78, 5) is 14.4. The van der Waals surface area contributed by atoms with Crippen LogP contribution < -0.4 is 10.6 Å². The summed E-state index contributed by atoms with van der Waals surface area (Å²) in [5.41, 5.74) is 0.0308. The molecular formula is C11H16N4O2. The van der Waals surface area contributed by atoms with Crippen molar-refractivity contribution >= 4 is 11.5 Å². The first-order chi connectivity index (χ1) is 8.27. The van der Waals surface area contributed by atoms with E-state index in [2.05, 4.69) is 15.6 Å². The minimum atomic E-state index is -0.413. The molecule has 2 N–H and O–H groups in total. The minimum Gasteiger partial charge on any atom is -0.363 e. The lowest BCUT2D eigenvalue weighted by Crippen LogP contribution is -2.39. The molecule has 2 heterocycles. The zero-order valence-corrected chi connectivity index (χ0v) is 9.56. The van der Waals surface area contributed by atoms with Crippen LogP contribution in [0.2, 0.25) is 0 Å². The molecule has 1 unspecified atom stereocenters. The SMILES string of the molecule is O=[N+]([O-])c1cccnc1NCC1CCCCN1. The van der Waals surface area contributed by atoms with Gasteiger partial charge < -0.3 is 10.6 Å². The van der Waals surface area contributed by atoms with Crippen molar-refractivity contribution in [3.63, 3.8) is 0 Å². The summed E-state index contributed by atoms with van der Waals surface area (Å²) in [6.45, 7) is 1.70. The Balaban J connectivity index is 1.96. The molecule has 0 aliphatic carbocycles. The number of rotatable bonds is 4. The van der Waals surface area contributed by atoms with Crippen LogP contribution in [-0.2, 0) is 0 Å². The van der Waals surface area contributed by atoms with Crippen LogP contribution in [0.5, 0.6) is 0 Å². The highest BCUT2D eigenvalue weighted by atomic mass is 16.6. The second-order valence-electron chi connectivity index (χ2n) is 4.16. The maximum Gasteiger partial charge on any atom is 0.311 e. The summed E-state index contributed by atoms with van der Waals surface area (Å²) in [6, 6.07) is 3.41. The number of pyridine rings is 1. The van der Waals surface area contributed by atoms with Gasteiger partial charge in [-0.2, -0.15) is 0 Å². The number of aromatic nitrogens is 1. The van der Waals surface area contributed by atoms with Gasteiger partial charge in [-0.25, -0.2) is 4.98 Å². The van der Waals surface area contributed by atoms with Gasteiger partial charge in [0.15, 0.2) is 0 Å². The molecule has 0 spiro atoms. The molecule has 17 heavy (non-hydrogen) atoms. The second kappa shape index (κ2) is 5.58. The van der Waals surface area contributed by atoms with Gasteiger partial charge in [-0.3, -0.25) is 10.1 Å². The summed E-state index contributed by atoms with van der Waals surface area (Å²) in [7, 11) is 0. The van der Waals surface area contributed by atoms with E-state index in [9.17, 15) is 10.1 Å². The Bertz CT molecular complexity index is 391. The quantitative estimate of drug-likeness (QED) is 0.612. The van der Waals surface area contributed by atoms with Crippen molar-refractivity contribution in [3.8, 4) is 0 Å². The van der Waals surface area contributed by atoms with E-state index >= 15 is 0 Å². The fraction of sp³-hybridized carbons (Fsp3) is 0.545. The molecule has 1 aromatic heterocycles. The molecule has 2 rings (SSSR count). The van der Waals surface area contributed by atoms with Gasteiger partial charge in [-0.05, 0) is 25.5 Å². The summed E-state index contributed by atoms with van der Waals surface area (Å²) >= 11 is 0. The van der Waals surface area contributed by atoms with Crippen molar-refractivity contribution in [3.05, 3.63) is 28.4 Å². The Morgan fingerprint density at radius 2 is 2.47 bits per heavy atom. The van der Waals surface area contributed by atoms with Crippen LogP contribution in [0.4, 0.5) is 11.5 Å². The standard InChI is InChI=1S/C11H16N4O2/c16-15(17)10-5-3-7-13-11(10)14-8-9-4-1-2-6-12-9/h3,5,7,9,12H,1-2,4,6,8H2,(H,13,14). The van der Waals surface area contributed by atoms with Crippen LogP contribution in [0.1, 0.15) is 19.3 Å². The van der Waals surface area contributed by atoms with E-state index in [-0.39, 0.29) is 5.69 Å². The molecule has 0 bridgehead atoms. The fourth-order valence-electron chi connectivity index (χ4n) is 2.00. The third-order valence-corrected chi connectivity index (χ3v) is 2.91. The molecule has 1 aliphatic rings. The van der Waals surface area contributed by atoms with Gasteiger partial charge in [0, 0.05) is 24.8 Å². The molecule has 1 aliphatic heterocycles. The van der Waals surface area contributed by atoms with Gasteiger partial charge >= 0.3 is 5.69 Å². The smallest absolute Gasteiger partial charge is 0.311 e. The topological polar surface area (TPSA) is 80.1 Å².